The summed E-state index contributed by atoms with van der Waals surface area (Å²) < 4.78 is 0. The van der Waals surface area contributed by atoms with E-state index in [0.29, 0.717) is 11.1 Å². The van der Waals surface area contributed by atoms with Crippen molar-refractivity contribution in [3.05, 3.63) is 29.3 Å². The van der Waals surface area contributed by atoms with E-state index >= 15 is 0 Å². The standard InChI is InChI=1S/C14H20N2O3/c1-8(2)15-13(18)10(4)16-14(19)11-5-6-12(17)9(3)7-11/h5-8,10,17H,1-4H3,(H,15,18)(H,16,19). The van der Waals surface area contributed by atoms with Gasteiger partial charge >= 0.3 is 0 Å². The van der Waals surface area contributed by atoms with E-state index in [1.165, 1.54) is 12.1 Å². The Morgan fingerprint density at radius 2 is 1.79 bits per heavy atom. The van der Waals surface area contributed by atoms with Crippen LogP contribution >= 0.6 is 0 Å². The molecule has 3 N–H and O–H groups in total. The highest BCUT2D eigenvalue weighted by Gasteiger charge is 2.17. The molecular weight excluding hydrogens is 244 g/mol. The summed E-state index contributed by atoms with van der Waals surface area (Å²) in [7, 11) is 0. The van der Waals surface area contributed by atoms with Crippen LogP contribution in [0.3, 0.4) is 0 Å². The Balaban J connectivity index is 2.68. The number of aryl methyl sites for hydroxylation is 1. The van der Waals surface area contributed by atoms with Crippen molar-refractivity contribution in [1.82, 2.24) is 10.6 Å². The van der Waals surface area contributed by atoms with Crippen molar-refractivity contribution in [2.75, 3.05) is 0 Å². The van der Waals surface area contributed by atoms with Gasteiger partial charge in [-0.15, -0.1) is 0 Å². The predicted molar refractivity (Wildman–Crippen MR) is 73.1 cm³/mol. The summed E-state index contributed by atoms with van der Waals surface area (Å²) in [4.78, 5) is 23.6. The molecule has 0 heterocycles. The summed E-state index contributed by atoms with van der Waals surface area (Å²) >= 11 is 0. The highest BCUT2D eigenvalue weighted by Crippen LogP contribution is 2.16. The maximum Gasteiger partial charge on any atom is 0.251 e. The molecule has 1 aromatic carbocycles. The lowest BCUT2D eigenvalue weighted by molar-refractivity contribution is -0.123. The molecule has 0 bridgehead atoms. The maximum absolute atomic E-state index is 11.9. The van der Waals surface area contributed by atoms with Crippen LogP contribution in [0.15, 0.2) is 18.2 Å². The van der Waals surface area contributed by atoms with Crippen LogP contribution < -0.4 is 10.6 Å². The second-order valence-electron chi connectivity index (χ2n) is 4.86. The van der Waals surface area contributed by atoms with Crippen LogP contribution in [0.2, 0.25) is 0 Å². The lowest BCUT2D eigenvalue weighted by Crippen LogP contribution is -2.46. The van der Waals surface area contributed by atoms with Gasteiger partial charge in [0.2, 0.25) is 5.91 Å². The molecule has 5 nitrogen and oxygen atoms in total. The van der Waals surface area contributed by atoms with Gasteiger partial charge in [0.1, 0.15) is 11.8 Å². The minimum Gasteiger partial charge on any atom is -0.508 e. The summed E-state index contributed by atoms with van der Waals surface area (Å²) in [6, 6.07) is 3.98. The molecule has 1 rings (SSSR count). The van der Waals surface area contributed by atoms with Gasteiger partial charge in [0.15, 0.2) is 0 Å². The summed E-state index contributed by atoms with van der Waals surface area (Å²) in [5.74, 6) is -0.421. The Morgan fingerprint density at radius 1 is 1.16 bits per heavy atom. The van der Waals surface area contributed by atoms with Crippen LogP contribution in [0.4, 0.5) is 0 Å². The first kappa shape index (κ1) is 15.0. The van der Waals surface area contributed by atoms with Crippen LogP contribution in [0.5, 0.6) is 5.75 Å². The van der Waals surface area contributed by atoms with E-state index in [0.717, 1.165) is 0 Å². The van der Waals surface area contributed by atoms with Gasteiger partial charge in [-0.1, -0.05) is 0 Å². The molecule has 1 atom stereocenters. The van der Waals surface area contributed by atoms with E-state index in [9.17, 15) is 14.7 Å². The molecular formula is C14H20N2O3. The summed E-state index contributed by atoms with van der Waals surface area (Å²) in [5.41, 5.74) is 1.03. The number of benzene rings is 1. The van der Waals surface area contributed by atoms with E-state index < -0.39 is 6.04 Å². The molecule has 5 heteroatoms. The van der Waals surface area contributed by atoms with E-state index in [1.807, 2.05) is 13.8 Å². The smallest absolute Gasteiger partial charge is 0.251 e. The topological polar surface area (TPSA) is 78.4 Å². The van der Waals surface area contributed by atoms with Crippen molar-refractivity contribution in [2.45, 2.75) is 39.8 Å². The number of hydrogen-bond acceptors (Lipinski definition) is 3. The zero-order valence-electron chi connectivity index (χ0n) is 11.7. The minimum absolute atomic E-state index is 0.0303. The first-order chi connectivity index (χ1) is 8.81. The number of rotatable bonds is 4. The van der Waals surface area contributed by atoms with Crippen molar-refractivity contribution in [2.24, 2.45) is 0 Å². The molecule has 1 unspecified atom stereocenters. The number of carbonyl (C=O) groups is 2. The Morgan fingerprint density at radius 3 is 2.32 bits per heavy atom. The van der Waals surface area contributed by atoms with Crippen LogP contribution in [0, 0.1) is 6.92 Å². The number of amides is 2. The van der Waals surface area contributed by atoms with Gasteiger partial charge in [-0.3, -0.25) is 9.59 Å². The lowest BCUT2D eigenvalue weighted by atomic mass is 10.1. The van der Waals surface area contributed by atoms with Gasteiger partial charge in [-0.2, -0.15) is 0 Å². The molecule has 1 aromatic rings. The number of phenolic OH excluding ortho intramolecular Hbond substituents is 1. The summed E-state index contributed by atoms with van der Waals surface area (Å²) in [6.45, 7) is 7.05. The molecule has 0 radical (unpaired) electrons. The Labute approximate surface area is 113 Å². The first-order valence-corrected chi connectivity index (χ1v) is 6.22. The quantitative estimate of drug-likeness (QED) is 0.768. The van der Waals surface area contributed by atoms with Gasteiger partial charge in [-0.05, 0) is 51.5 Å². The zero-order chi connectivity index (χ0) is 14.6. The van der Waals surface area contributed by atoms with E-state index in [4.69, 9.17) is 0 Å². The third kappa shape index (κ3) is 4.28. The number of carbonyl (C=O) groups excluding carboxylic acids is 2. The number of aromatic hydroxyl groups is 1. The van der Waals surface area contributed by atoms with E-state index in [-0.39, 0.29) is 23.6 Å². The van der Waals surface area contributed by atoms with Crippen molar-refractivity contribution in [3.8, 4) is 5.75 Å². The van der Waals surface area contributed by atoms with Crippen LogP contribution in [0.1, 0.15) is 36.7 Å². The summed E-state index contributed by atoms with van der Waals surface area (Å²) in [6.07, 6.45) is 0. The number of phenols is 1. The van der Waals surface area contributed by atoms with Crippen LogP contribution in [-0.4, -0.2) is 29.0 Å². The average molecular weight is 264 g/mol. The van der Waals surface area contributed by atoms with Crippen molar-refractivity contribution in [3.63, 3.8) is 0 Å². The average Bonchev–Trinajstić information content (AvgIpc) is 2.31. The first-order valence-electron chi connectivity index (χ1n) is 6.22. The third-order valence-electron chi connectivity index (χ3n) is 2.63. The van der Waals surface area contributed by atoms with Crippen LogP contribution in [-0.2, 0) is 4.79 Å². The van der Waals surface area contributed by atoms with Gasteiger partial charge in [0, 0.05) is 11.6 Å². The molecule has 2 amide bonds. The molecule has 0 saturated carbocycles. The van der Waals surface area contributed by atoms with Crippen LogP contribution in [0.25, 0.3) is 0 Å². The fraction of sp³-hybridized carbons (Fsp3) is 0.429. The zero-order valence-corrected chi connectivity index (χ0v) is 11.7. The highest BCUT2D eigenvalue weighted by atomic mass is 16.3. The molecule has 0 aliphatic rings. The molecule has 0 aliphatic heterocycles. The lowest BCUT2D eigenvalue weighted by Gasteiger charge is -2.16. The molecule has 0 spiro atoms. The second kappa shape index (κ2) is 6.22. The van der Waals surface area contributed by atoms with Gasteiger partial charge in [0.25, 0.3) is 5.91 Å². The highest BCUT2D eigenvalue weighted by molar-refractivity contribution is 5.97. The fourth-order valence-electron chi connectivity index (χ4n) is 1.55. The van der Waals surface area contributed by atoms with Crippen molar-refractivity contribution < 1.29 is 14.7 Å². The molecule has 0 saturated heterocycles. The Kier molecular flexibility index (Phi) is 4.92. The monoisotopic (exact) mass is 264 g/mol. The number of nitrogens with one attached hydrogen (secondary N) is 2. The van der Waals surface area contributed by atoms with Gasteiger partial charge in [-0.25, -0.2) is 0 Å². The van der Waals surface area contributed by atoms with Crippen molar-refractivity contribution >= 4 is 11.8 Å². The van der Waals surface area contributed by atoms with E-state index in [1.54, 1.807) is 19.9 Å². The predicted octanol–water partition coefficient (Wildman–Crippen LogP) is 1.34. The molecule has 0 fully saturated rings. The fourth-order valence-corrected chi connectivity index (χ4v) is 1.55. The SMILES string of the molecule is Cc1cc(C(=O)NC(C)C(=O)NC(C)C)ccc1O. The molecule has 0 aromatic heterocycles. The molecule has 104 valence electrons. The normalized spacial score (nSPS) is 12.1. The Bertz CT molecular complexity index is 484. The molecule has 0 aliphatic carbocycles. The minimum atomic E-state index is -0.607. The van der Waals surface area contributed by atoms with Gasteiger partial charge in [0.05, 0.1) is 0 Å². The summed E-state index contributed by atoms with van der Waals surface area (Å²) in [5, 5.41) is 14.7. The van der Waals surface area contributed by atoms with E-state index in [2.05, 4.69) is 10.6 Å². The van der Waals surface area contributed by atoms with Gasteiger partial charge < -0.3 is 15.7 Å². The number of hydrogen-bond donors (Lipinski definition) is 3. The third-order valence-corrected chi connectivity index (χ3v) is 2.63. The second-order valence-corrected chi connectivity index (χ2v) is 4.86. The largest absolute Gasteiger partial charge is 0.508 e. The van der Waals surface area contributed by atoms with Crippen molar-refractivity contribution in [1.29, 1.82) is 0 Å². The molecule has 19 heavy (non-hydrogen) atoms. The maximum atomic E-state index is 11.9. The Hall–Kier alpha value is -2.04.